The van der Waals surface area contributed by atoms with Crippen molar-refractivity contribution in [2.45, 2.75) is 90.3 Å². The molecule has 0 bridgehead atoms. The van der Waals surface area contributed by atoms with Crippen LogP contribution in [0, 0.1) is 11.8 Å². The maximum absolute atomic E-state index is 5.86. The predicted octanol–water partition coefficient (Wildman–Crippen LogP) is 4.87. The van der Waals surface area contributed by atoms with E-state index in [4.69, 9.17) is 9.78 Å². The van der Waals surface area contributed by atoms with E-state index in [-0.39, 0.29) is 0 Å². The molecule has 0 amide bonds. The second-order valence-electron chi connectivity index (χ2n) is 6.17. The lowest BCUT2D eigenvalue weighted by atomic mass is 9.84. The molecule has 0 saturated heterocycles. The third-order valence-corrected chi connectivity index (χ3v) is 5.03. The quantitative estimate of drug-likeness (QED) is 0.514. The molecule has 0 aliphatic heterocycles. The predicted molar refractivity (Wildman–Crippen MR) is 74.2 cm³/mol. The first-order valence-corrected chi connectivity index (χ1v) is 8.17. The van der Waals surface area contributed by atoms with Gasteiger partial charge in [-0.25, -0.2) is 9.78 Å². The van der Waals surface area contributed by atoms with Gasteiger partial charge in [0.2, 0.25) is 0 Å². The van der Waals surface area contributed by atoms with Crippen LogP contribution in [0.25, 0.3) is 0 Å². The average molecular weight is 254 g/mol. The number of hydrogen-bond donors (Lipinski definition) is 0. The van der Waals surface area contributed by atoms with E-state index in [1.807, 2.05) is 0 Å². The van der Waals surface area contributed by atoms with Crippen LogP contribution in [0.2, 0.25) is 0 Å². The average Bonchev–Trinajstić information content (AvgIpc) is 2.45. The molecule has 0 aromatic rings. The summed E-state index contributed by atoms with van der Waals surface area (Å²) in [6.45, 7) is 4.56. The summed E-state index contributed by atoms with van der Waals surface area (Å²) < 4.78 is 0. The monoisotopic (exact) mass is 254 g/mol. The van der Waals surface area contributed by atoms with Gasteiger partial charge in [-0.15, -0.1) is 0 Å². The smallest absolute Gasteiger partial charge is 0.0958 e. The van der Waals surface area contributed by atoms with Gasteiger partial charge in [-0.3, -0.25) is 0 Å². The lowest BCUT2D eigenvalue weighted by Gasteiger charge is -2.34. The van der Waals surface area contributed by atoms with Crippen molar-refractivity contribution in [3.8, 4) is 0 Å². The Labute approximate surface area is 112 Å². The van der Waals surface area contributed by atoms with Crippen LogP contribution in [0.5, 0.6) is 0 Å². The van der Waals surface area contributed by atoms with Crippen LogP contribution in [0.15, 0.2) is 0 Å². The minimum absolute atomic E-state index is 0.364. The van der Waals surface area contributed by atoms with Crippen molar-refractivity contribution >= 4 is 0 Å². The highest BCUT2D eigenvalue weighted by atomic mass is 17.2. The van der Waals surface area contributed by atoms with Gasteiger partial charge < -0.3 is 0 Å². The van der Waals surface area contributed by atoms with E-state index < -0.39 is 0 Å². The standard InChI is InChI=1S/C16H30O2/c1-3-13-9-5-7-11-15(13)17-18-16-12-8-6-10-14(16)4-2/h13-16H,3-12H2,1-2H3. The van der Waals surface area contributed by atoms with E-state index in [9.17, 15) is 0 Å². The summed E-state index contributed by atoms with van der Waals surface area (Å²) in [6.07, 6.45) is 13.6. The van der Waals surface area contributed by atoms with Gasteiger partial charge in [0.25, 0.3) is 0 Å². The molecule has 2 rings (SSSR count). The first-order chi connectivity index (χ1) is 8.85. The summed E-state index contributed by atoms with van der Waals surface area (Å²) in [6, 6.07) is 0. The highest BCUT2D eigenvalue weighted by molar-refractivity contribution is 4.76. The van der Waals surface area contributed by atoms with Crippen molar-refractivity contribution in [3.63, 3.8) is 0 Å². The van der Waals surface area contributed by atoms with Gasteiger partial charge in [-0.2, -0.15) is 0 Å². The summed E-state index contributed by atoms with van der Waals surface area (Å²) in [5.74, 6) is 1.45. The van der Waals surface area contributed by atoms with Crippen LogP contribution in [0.1, 0.15) is 78.1 Å². The van der Waals surface area contributed by atoms with Gasteiger partial charge in [0.05, 0.1) is 12.2 Å². The first-order valence-electron chi connectivity index (χ1n) is 8.17. The molecule has 18 heavy (non-hydrogen) atoms. The third kappa shape index (κ3) is 3.71. The molecule has 0 N–H and O–H groups in total. The molecule has 2 saturated carbocycles. The normalized spacial score (nSPS) is 37.7. The fourth-order valence-corrected chi connectivity index (χ4v) is 3.68. The molecular weight excluding hydrogens is 224 g/mol. The van der Waals surface area contributed by atoms with Crippen molar-refractivity contribution in [1.29, 1.82) is 0 Å². The summed E-state index contributed by atoms with van der Waals surface area (Å²) >= 11 is 0. The van der Waals surface area contributed by atoms with Crippen molar-refractivity contribution in [3.05, 3.63) is 0 Å². The lowest BCUT2D eigenvalue weighted by molar-refractivity contribution is -0.373. The fraction of sp³-hybridized carbons (Fsp3) is 1.00. The maximum Gasteiger partial charge on any atom is 0.0958 e. The zero-order valence-corrected chi connectivity index (χ0v) is 12.2. The molecule has 0 radical (unpaired) electrons. The molecule has 2 aliphatic rings. The van der Waals surface area contributed by atoms with Crippen molar-refractivity contribution < 1.29 is 9.78 Å². The van der Waals surface area contributed by atoms with E-state index >= 15 is 0 Å². The zero-order chi connectivity index (χ0) is 12.8. The molecule has 2 aliphatic carbocycles. The van der Waals surface area contributed by atoms with E-state index in [1.54, 1.807) is 0 Å². The molecule has 4 unspecified atom stereocenters. The fourth-order valence-electron chi connectivity index (χ4n) is 3.68. The Morgan fingerprint density at radius 3 is 1.44 bits per heavy atom. The zero-order valence-electron chi connectivity index (χ0n) is 12.2. The van der Waals surface area contributed by atoms with E-state index in [1.165, 1.54) is 64.2 Å². The topological polar surface area (TPSA) is 18.5 Å². The minimum atomic E-state index is 0.364. The second-order valence-corrected chi connectivity index (χ2v) is 6.17. The van der Waals surface area contributed by atoms with E-state index in [0.29, 0.717) is 12.2 Å². The van der Waals surface area contributed by atoms with Gasteiger partial charge in [0, 0.05) is 0 Å². The van der Waals surface area contributed by atoms with Gasteiger partial charge in [-0.05, 0) is 37.5 Å². The van der Waals surface area contributed by atoms with Gasteiger partial charge >= 0.3 is 0 Å². The molecule has 0 aromatic heterocycles. The van der Waals surface area contributed by atoms with Crippen LogP contribution in [0.4, 0.5) is 0 Å². The largest absolute Gasteiger partial charge is 0.233 e. The Bertz CT molecular complexity index is 205. The van der Waals surface area contributed by atoms with Crippen LogP contribution in [0.3, 0.4) is 0 Å². The highest BCUT2D eigenvalue weighted by Crippen LogP contribution is 2.33. The summed E-state index contributed by atoms with van der Waals surface area (Å²) in [4.78, 5) is 11.7. The Kier molecular flexibility index (Phi) is 5.97. The SMILES string of the molecule is CCC1CCCCC1OOC1CCCCC1CC. The highest BCUT2D eigenvalue weighted by Gasteiger charge is 2.29. The second kappa shape index (κ2) is 7.49. The number of rotatable bonds is 5. The van der Waals surface area contributed by atoms with Crippen molar-refractivity contribution in [2.24, 2.45) is 11.8 Å². The minimum Gasteiger partial charge on any atom is -0.233 e. The van der Waals surface area contributed by atoms with Crippen LogP contribution >= 0.6 is 0 Å². The van der Waals surface area contributed by atoms with Gasteiger partial charge in [0.1, 0.15) is 0 Å². The Morgan fingerprint density at radius 1 is 0.667 bits per heavy atom. The maximum atomic E-state index is 5.86. The molecular formula is C16H30O2. The molecule has 2 nitrogen and oxygen atoms in total. The third-order valence-electron chi connectivity index (χ3n) is 5.03. The van der Waals surface area contributed by atoms with E-state index in [2.05, 4.69) is 13.8 Å². The van der Waals surface area contributed by atoms with Gasteiger partial charge in [0.15, 0.2) is 0 Å². The Morgan fingerprint density at radius 2 is 1.06 bits per heavy atom. The van der Waals surface area contributed by atoms with Crippen LogP contribution in [-0.2, 0) is 9.78 Å². The molecule has 0 aromatic carbocycles. The molecule has 0 heterocycles. The summed E-state index contributed by atoms with van der Waals surface area (Å²) in [5.41, 5.74) is 0. The van der Waals surface area contributed by atoms with E-state index in [0.717, 1.165) is 11.8 Å². The summed E-state index contributed by atoms with van der Waals surface area (Å²) in [7, 11) is 0. The Balaban J connectivity index is 1.78. The summed E-state index contributed by atoms with van der Waals surface area (Å²) in [5, 5.41) is 0. The van der Waals surface area contributed by atoms with Crippen molar-refractivity contribution in [2.75, 3.05) is 0 Å². The molecule has 4 atom stereocenters. The van der Waals surface area contributed by atoms with Crippen LogP contribution in [-0.4, -0.2) is 12.2 Å². The number of hydrogen-bond acceptors (Lipinski definition) is 2. The molecule has 106 valence electrons. The molecule has 0 spiro atoms. The molecule has 2 heteroatoms. The van der Waals surface area contributed by atoms with Crippen molar-refractivity contribution in [1.82, 2.24) is 0 Å². The van der Waals surface area contributed by atoms with Crippen LogP contribution < -0.4 is 0 Å². The molecule has 2 fully saturated rings. The van der Waals surface area contributed by atoms with Gasteiger partial charge in [-0.1, -0.05) is 52.4 Å². The lowest BCUT2D eigenvalue weighted by Crippen LogP contribution is -2.33. The Hall–Kier alpha value is -0.0800. The first kappa shape index (κ1) is 14.3.